The molecular formula is C38H46N2O6. The van der Waals surface area contributed by atoms with Gasteiger partial charge in [-0.25, -0.2) is 9.59 Å². The number of ether oxygens (including phenoxy) is 3. The molecule has 0 atom stereocenters. The molecule has 2 heterocycles. The molecule has 0 N–H and O–H groups in total. The summed E-state index contributed by atoms with van der Waals surface area (Å²) in [4.78, 5) is 42.7. The van der Waals surface area contributed by atoms with Gasteiger partial charge >= 0.3 is 11.9 Å². The summed E-state index contributed by atoms with van der Waals surface area (Å²) < 4.78 is 18.8. The number of ketones is 1. The van der Waals surface area contributed by atoms with Crippen LogP contribution in [0, 0.1) is 0 Å². The summed E-state index contributed by atoms with van der Waals surface area (Å²) in [6.07, 6.45) is 9.20. The fourth-order valence-electron chi connectivity index (χ4n) is 6.57. The van der Waals surface area contributed by atoms with Crippen LogP contribution in [-0.4, -0.2) is 67.1 Å². The fourth-order valence-corrected chi connectivity index (χ4v) is 6.57. The van der Waals surface area contributed by atoms with Gasteiger partial charge in [0.1, 0.15) is 16.9 Å². The van der Waals surface area contributed by atoms with Crippen LogP contribution < -0.4 is 4.74 Å². The van der Waals surface area contributed by atoms with Crippen molar-refractivity contribution in [1.82, 2.24) is 9.47 Å². The fraction of sp³-hybridized carbons (Fsp3) is 0.447. The van der Waals surface area contributed by atoms with Crippen LogP contribution in [0.5, 0.6) is 5.75 Å². The third-order valence-electron chi connectivity index (χ3n) is 8.62. The molecule has 2 aromatic carbocycles. The number of carbonyl (C=O) groups is 3. The Labute approximate surface area is 272 Å². The van der Waals surface area contributed by atoms with Gasteiger partial charge < -0.3 is 23.7 Å². The second-order valence-electron chi connectivity index (χ2n) is 13.5. The molecule has 1 fully saturated rings. The Morgan fingerprint density at radius 1 is 1.02 bits per heavy atom. The monoisotopic (exact) mass is 626 g/mol. The van der Waals surface area contributed by atoms with Crippen molar-refractivity contribution in [2.24, 2.45) is 0 Å². The Hall–Kier alpha value is -4.17. The number of esters is 2. The zero-order valence-corrected chi connectivity index (χ0v) is 28.2. The van der Waals surface area contributed by atoms with Crippen LogP contribution in [0.1, 0.15) is 87.2 Å². The number of hydrogen-bond donors (Lipinski definition) is 0. The maximum atomic E-state index is 14.4. The highest BCUT2D eigenvalue weighted by molar-refractivity contribution is 6.25. The molecule has 0 amide bonds. The Kier molecular flexibility index (Phi) is 9.87. The van der Waals surface area contributed by atoms with Crippen molar-refractivity contribution in [3.8, 4) is 17.0 Å². The van der Waals surface area contributed by atoms with Gasteiger partial charge in [0, 0.05) is 28.6 Å². The molecule has 0 radical (unpaired) electrons. The molecule has 5 rings (SSSR count). The minimum atomic E-state index is -0.641. The molecular weight excluding hydrogens is 580 g/mol. The molecule has 3 aromatic rings. The number of methoxy groups -OCH3 is 1. The number of rotatable bonds is 9. The lowest BCUT2D eigenvalue weighted by Crippen LogP contribution is -2.24. The van der Waals surface area contributed by atoms with E-state index in [2.05, 4.69) is 10.6 Å². The van der Waals surface area contributed by atoms with E-state index in [1.807, 2.05) is 76.2 Å². The molecule has 46 heavy (non-hydrogen) atoms. The van der Waals surface area contributed by atoms with Crippen LogP contribution >= 0.6 is 0 Å². The zero-order valence-electron chi connectivity index (χ0n) is 28.2. The number of carbonyl (C=O) groups excluding carboxylic acids is 3. The molecule has 0 spiro atoms. The number of likely N-dealkylation sites (N-methyl/N-ethyl adjacent to an activating group) is 1. The number of nitrogens with zero attached hydrogens (tertiary/aromatic N) is 2. The van der Waals surface area contributed by atoms with Crippen molar-refractivity contribution in [1.29, 1.82) is 0 Å². The van der Waals surface area contributed by atoms with Crippen molar-refractivity contribution < 1.29 is 28.6 Å². The first-order valence-electron chi connectivity index (χ1n) is 16.3. The molecule has 244 valence electrons. The predicted molar refractivity (Wildman–Crippen MR) is 181 cm³/mol. The lowest BCUT2D eigenvalue weighted by molar-refractivity contribution is -0.139. The van der Waals surface area contributed by atoms with E-state index in [0.717, 1.165) is 53.4 Å². The summed E-state index contributed by atoms with van der Waals surface area (Å²) in [5.74, 6) is -0.413. The highest BCUT2D eigenvalue weighted by Crippen LogP contribution is 2.47. The van der Waals surface area contributed by atoms with Crippen molar-refractivity contribution in [2.75, 3.05) is 34.4 Å². The number of allylic oxidation sites excluding steroid dienone is 1. The SMILES string of the molecule is CCOC(=O)/C(=C/CN(C)C)C(=O)C1=Cc2cc(OC)ccc2-c2c(C3CCCCC3)c3ccc(C(=O)OC(C)(C)C)cc3n2C1. The first-order valence-corrected chi connectivity index (χ1v) is 16.3. The van der Waals surface area contributed by atoms with Crippen molar-refractivity contribution in [3.05, 3.63) is 70.3 Å². The zero-order chi connectivity index (χ0) is 33.2. The summed E-state index contributed by atoms with van der Waals surface area (Å²) in [5.41, 5.74) is 5.22. The molecule has 2 aliphatic rings. The highest BCUT2D eigenvalue weighted by atomic mass is 16.6. The van der Waals surface area contributed by atoms with Crippen molar-refractivity contribution in [3.63, 3.8) is 0 Å². The van der Waals surface area contributed by atoms with Crippen LogP contribution in [0.3, 0.4) is 0 Å². The number of benzene rings is 2. The van der Waals surface area contributed by atoms with Gasteiger partial charge in [-0.15, -0.1) is 0 Å². The second kappa shape index (κ2) is 13.7. The van der Waals surface area contributed by atoms with Crippen LogP contribution in [-0.2, 0) is 25.6 Å². The molecule has 0 bridgehead atoms. The molecule has 1 aliphatic carbocycles. The number of Topliss-reactive ketones (excluding diaryl/α,β-unsaturated/α-hetero) is 1. The molecule has 0 saturated heterocycles. The Bertz CT molecular complexity index is 1710. The van der Waals surface area contributed by atoms with E-state index in [1.165, 1.54) is 12.0 Å². The van der Waals surface area contributed by atoms with Gasteiger partial charge in [0.15, 0.2) is 5.78 Å². The predicted octanol–water partition coefficient (Wildman–Crippen LogP) is 7.34. The van der Waals surface area contributed by atoms with Gasteiger partial charge in [-0.05, 0) is 108 Å². The Morgan fingerprint density at radius 2 is 1.76 bits per heavy atom. The van der Waals surface area contributed by atoms with Gasteiger partial charge in [0.25, 0.3) is 0 Å². The summed E-state index contributed by atoms with van der Waals surface area (Å²) in [6, 6.07) is 11.7. The van der Waals surface area contributed by atoms with Gasteiger partial charge in [-0.2, -0.15) is 0 Å². The second-order valence-corrected chi connectivity index (χ2v) is 13.5. The molecule has 1 aromatic heterocycles. The van der Waals surface area contributed by atoms with Gasteiger partial charge in [0.2, 0.25) is 0 Å². The van der Waals surface area contributed by atoms with E-state index >= 15 is 0 Å². The maximum absolute atomic E-state index is 14.4. The quantitative estimate of drug-likeness (QED) is 0.106. The summed E-state index contributed by atoms with van der Waals surface area (Å²) in [6.45, 7) is 8.07. The van der Waals surface area contributed by atoms with Crippen LogP contribution in [0.2, 0.25) is 0 Å². The third kappa shape index (κ3) is 6.97. The average Bonchev–Trinajstić information content (AvgIpc) is 3.22. The lowest BCUT2D eigenvalue weighted by Gasteiger charge is -2.24. The van der Waals surface area contributed by atoms with Gasteiger partial charge in [0.05, 0.1) is 31.5 Å². The number of aromatic nitrogens is 1. The topological polar surface area (TPSA) is 87.1 Å². The third-order valence-corrected chi connectivity index (χ3v) is 8.62. The first kappa shape index (κ1) is 33.2. The largest absolute Gasteiger partial charge is 0.497 e. The molecule has 0 unspecified atom stereocenters. The maximum Gasteiger partial charge on any atom is 0.341 e. The Balaban J connectivity index is 1.77. The molecule has 8 nitrogen and oxygen atoms in total. The van der Waals surface area contributed by atoms with Crippen molar-refractivity contribution in [2.45, 2.75) is 77.9 Å². The lowest BCUT2D eigenvalue weighted by atomic mass is 9.81. The first-order chi connectivity index (χ1) is 21.9. The normalized spacial score (nSPS) is 15.6. The van der Waals surface area contributed by atoms with Crippen molar-refractivity contribution >= 4 is 34.7 Å². The van der Waals surface area contributed by atoms with Gasteiger partial charge in [-0.1, -0.05) is 31.4 Å². The van der Waals surface area contributed by atoms with Crippen LogP contribution in [0.4, 0.5) is 0 Å². The summed E-state index contributed by atoms with van der Waals surface area (Å²) >= 11 is 0. The highest BCUT2D eigenvalue weighted by Gasteiger charge is 2.32. The van der Waals surface area contributed by atoms with E-state index in [-0.39, 0.29) is 24.5 Å². The summed E-state index contributed by atoms with van der Waals surface area (Å²) in [7, 11) is 5.38. The smallest absolute Gasteiger partial charge is 0.341 e. The minimum absolute atomic E-state index is 0.00751. The van der Waals surface area contributed by atoms with E-state index in [9.17, 15) is 14.4 Å². The average molecular weight is 627 g/mol. The molecule has 1 aliphatic heterocycles. The Morgan fingerprint density at radius 3 is 2.41 bits per heavy atom. The van der Waals surface area contributed by atoms with E-state index in [0.29, 0.717) is 29.3 Å². The van der Waals surface area contributed by atoms with Crippen LogP contribution in [0.25, 0.3) is 28.2 Å². The minimum Gasteiger partial charge on any atom is -0.497 e. The van der Waals surface area contributed by atoms with E-state index < -0.39 is 17.5 Å². The number of hydrogen-bond acceptors (Lipinski definition) is 7. The molecule has 1 saturated carbocycles. The standard InChI is InChI=1S/C38H46N2O6/c1-8-45-37(43)31(18-19-39(5)6)35(41)27-20-26-21-28(44-7)15-17-29(26)34-33(24-12-10-9-11-13-24)30-16-14-25(22-32(30)40(34)23-27)36(42)46-38(2,3)4/h14-18,20-22,24H,8-13,19,23H2,1-7H3/b31-18+. The van der Waals surface area contributed by atoms with Crippen LogP contribution in [0.15, 0.2) is 53.6 Å². The molecule has 8 heteroatoms. The van der Waals surface area contributed by atoms with Gasteiger partial charge in [-0.3, -0.25) is 4.79 Å². The summed E-state index contributed by atoms with van der Waals surface area (Å²) in [5, 5.41) is 1.07. The van der Waals surface area contributed by atoms with E-state index in [4.69, 9.17) is 14.2 Å². The van der Waals surface area contributed by atoms with E-state index in [1.54, 1.807) is 20.1 Å². The number of fused-ring (bicyclic) bond motifs is 5.